The van der Waals surface area contributed by atoms with Crippen LogP contribution >= 0.6 is 7.26 Å². The van der Waals surface area contributed by atoms with Crippen molar-refractivity contribution in [1.29, 1.82) is 0 Å². The van der Waals surface area contributed by atoms with Crippen LogP contribution in [-0.2, 0) is 0 Å². The summed E-state index contributed by atoms with van der Waals surface area (Å²) in [5, 5.41) is 3.62. The van der Waals surface area contributed by atoms with Crippen molar-refractivity contribution in [1.82, 2.24) is 0 Å². The lowest BCUT2D eigenvalue weighted by atomic mass is 9.12. The molecule has 0 unspecified atom stereocenters. The molecule has 0 heterocycles. The summed E-state index contributed by atoms with van der Waals surface area (Å²) in [6, 6.07) is 38.9. The van der Waals surface area contributed by atoms with Gasteiger partial charge in [0.2, 0.25) is 5.78 Å². The lowest BCUT2D eigenvalue weighted by Gasteiger charge is -2.44. The van der Waals surface area contributed by atoms with Gasteiger partial charge in [-0.15, -0.1) is 21.9 Å². The van der Waals surface area contributed by atoms with Crippen molar-refractivity contribution >= 4 is 57.0 Å². The maximum absolute atomic E-state index is 15.4. The van der Waals surface area contributed by atoms with Crippen LogP contribution in [0.1, 0.15) is 10.4 Å². The SMILES string of the molecule is COc1cccc(C(=O)C[P+](c2ccccc2)(c2ccccc2)c2ccccc2)c1.Fc1c(F)c(F)c([B-](c2c(F)c(F)c(F)c(F)c2F)(c2c(F)c(F)c(F)c(F)c2F)c2c(F)c(F)c(F)c(F)c2F)c(F)c1F. The number of halogens is 20. The van der Waals surface area contributed by atoms with Crippen molar-refractivity contribution < 1.29 is 97.3 Å². The van der Waals surface area contributed by atoms with Gasteiger partial charge in [-0.1, -0.05) is 66.7 Å². The van der Waals surface area contributed by atoms with Crippen molar-refractivity contribution in [3.05, 3.63) is 237 Å². The number of Topliss-reactive ketones (excluding diaryl/α,β-unsaturated/α-hetero) is 1. The van der Waals surface area contributed by atoms with Gasteiger partial charge in [0.05, 0.1) is 7.11 Å². The molecule has 0 spiro atoms. The van der Waals surface area contributed by atoms with Crippen LogP contribution in [-0.4, -0.2) is 25.2 Å². The number of ketones is 1. The Morgan fingerprint density at radius 3 is 0.827 bits per heavy atom. The number of benzene rings is 8. The fourth-order valence-electron chi connectivity index (χ4n) is 8.75. The Bertz CT molecular complexity index is 3050. The first-order valence-corrected chi connectivity index (χ1v) is 22.9. The number of hydrogen-bond donors (Lipinski definition) is 0. The third-order valence-electron chi connectivity index (χ3n) is 12.1. The minimum Gasteiger partial charge on any atom is -0.497 e. The van der Waals surface area contributed by atoms with Crippen LogP contribution in [0.15, 0.2) is 115 Å². The fourth-order valence-corrected chi connectivity index (χ4v) is 12.8. The molecule has 388 valence electrons. The Hall–Kier alpha value is -7.68. The number of carbonyl (C=O) groups is 1. The quantitative estimate of drug-likeness (QED) is 0.0322. The molecule has 0 amide bonds. The van der Waals surface area contributed by atoms with E-state index in [1.54, 1.807) is 7.11 Å². The molecule has 8 rings (SSSR count). The molecule has 0 radical (unpaired) electrons. The number of hydrogen-bond acceptors (Lipinski definition) is 2. The molecule has 0 aromatic heterocycles. The van der Waals surface area contributed by atoms with E-state index in [0.29, 0.717) is 17.5 Å². The first kappa shape index (κ1) is 55.1. The zero-order valence-electron chi connectivity index (χ0n) is 37.1. The maximum Gasteiger partial charge on any atom is 0.201 e. The van der Waals surface area contributed by atoms with Crippen LogP contribution in [0, 0.1) is 116 Å². The molecular formula is C51H24BF20O2P. The minimum absolute atomic E-state index is 0.124. The summed E-state index contributed by atoms with van der Waals surface area (Å²) in [5.74, 6) is -70.6. The second-order valence-electron chi connectivity index (χ2n) is 15.9. The van der Waals surface area contributed by atoms with E-state index < -0.39 is 152 Å². The Morgan fingerprint density at radius 2 is 0.587 bits per heavy atom. The summed E-state index contributed by atoms with van der Waals surface area (Å²) >= 11 is 0. The van der Waals surface area contributed by atoms with Gasteiger partial charge in [-0.2, -0.15) is 0 Å². The van der Waals surface area contributed by atoms with Crippen molar-refractivity contribution in [2.75, 3.05) is 13.3 Å². The number of rotatable bonds is 11. The predicted octanol–water partition coefficient (Wildman–Crippen LogP) is 10.7. The molecule has 8 aromatic rings. The van der Waals surface area contributed by atoms with E-state index in [1.807, 2.05) is 42.5 Å². The molecule has 2 nitrogen and oxygen atoms in total. The third-order valence-corrected chi connectivity index (χ3v) is 16.4. The van der Waals surface area contributed by atoms with Gasteiger partial charge < -0.3 is 4.74 Å². The van der Waals surface area contributed by atoms with Crippen LogP contribution in [0.4, 0.5) is 87.8 Å². The normalized spacial score (nSPS) is 11.6. The number of ether oxygens (including phenoxy) is 1. The summed E-state index contributed by atoms with van der Waals surface area (Å²) in [7, 11) is -0.565. The van der Waals surface area contributed by atoms with E-state index in [0.717, 1.165) is 0 Å². The molecule has 0 fully saturated rings. The van der Waals surface area contributed by atoms with Gasteiger partial charge in [0.1, 0.15) is 87.8 Å². The van der Waals surface area contributed by atoms with E-state index >= 15 is 35.1 Å². The second kappa shape index (κ2) is 21.3. The van der Waals surface area contributed by atoms with Crippen molar-refractivity contribution in [3.8, 4) is 5.75 Å². The molecule has 0 aliphatic heterocycles. The van der Waals surface area contributed by atoms with E-state index in [1.165, 1.54) is 15.9 Å². The standard InChI is InChI=1S/C27H24O2P.C24BF20/c1-29-23-13-11-12-22(20-23)27(28)21-30(24-14-5-2-6-15-24,25-16-7-3-8-17-25)26-18-9-4-10-19-26;26-5-1(6(27)14(35)21(42)13(5)34)25(2-7(28)15(36)22(43)16(37)8(2)29,3-9(30)17(38)23(44)18(39)10(3)31)4-11(32)19(40)24(45)20(41)12(4)33/h2-20H,21H2,1H3;/q+1;-1. The average Bonchev–Trinajstić information content (AvgIpc) is 3.43. The molecule has 0 bridgehead atoms. The van der Waals surface area contributed by atoms with Crippen LogP contribution in [0.25, 0.3) is 0 Å². The van der Waals surface area contributed by atoms with Gasteiger partial charge in [-0.25, -0.2) is 87.8 Å². The maximum atomic E-state index is 15.4. The van der Waals surface area contributed by atoms with E-state index in [-0.39, 0.29) is 5.78 Å². The van der Waals surface area contributed by atoms with Gasteiger partial charge in [-0.3, -0.25) is 4.79 Å². The molecule has 0 N–H and O–H groups in total. The van der Waals surface area contributed by atoms with E-state index in [4.69, 9.17) is 4.74 Å². The first-order chi connectivity index (χ1) is 35.4. The molecule has 0 saturated carbocycles. The Labute approximate surface area is 409 Å². The second-order valence-corrected chi connectivity index (χ2v) is 19.4. The highest BCUT2D eigenvalue weighted by Crippen LogP contribution is 2.55. The van der Waals surface area contributed by atoms with Crippen LogP contribution in [0.5, 0.6) is 5.75 Å². The molecule has 0 saturated heterocycles. The molecular weight excluding hydrogens is 1070 g/mol. The zero-order valence-corrected chi connectivity index (χ0v) is 38.0. The molecule has 8 aromatic carbocycles. The largest absolute Gasteiger partial charge is 0.497 e. The van der Waals surface area contributed by atoms with Crippen molar-refractivity contribution in [3.63, 3.8) is 0 Å². The summed E-state index contributed by atoms with van der Waals surface area (Å²) in [6.07, 6.45) is -6.79. The van der Waals surface area contributed by atoms with E-state index in [2.05, 4.69) is 72.8 Å². The van der Waals surface area contributed by atoms with Crippen LogP contribution < -0.4 is 42.5 Å². The lowest BCUT2D eigenvalue weighted by Crippen LogP contribution is -2.81. The molecule has 24 heteroatoms. The van der Waals surface area contributed by atoms with Crippen molar-refractivity contribution in [2.24, 2.45) is 0 Å². The van der Waals surface area contributed by atoms with Crippen molar-refractivity contribution in [2.45, 2.75) is 0 Å². The highest BCUT2D eigenvalue weighted by molar-refractivity contribution is 7.96. The van der Waals surface area contributed by atoms with Gasteiger partial charge in [0.25, 0.3) is 0 Å². The van der Waals surface area contributed by atoms with Crippen LogP contribution in [0.3, 0.4) is 0 Å². The van der Waals surface area contributed by atoms with E-state index in [9.17, 15) is 57.5 Å². The Balaban J connectivity index is 0.000000236. The molecule has 0 aliphatic rings. The molecule has 75 heavy (non-hydrogen) atoms. The Morgan fingerprint density at radius 1 is 0.347 bits per heavy atom. The number of carbonyl (C=O) groups excluding carboxylic acids is 1. The first-order valence-electron chi connectivity index (χ1n) is 20.9. The summed E-state index contributed by atoms with van der Waals surface area (Å²) in [4.78, 5) is 13.6. The summed E-state index contributed by atoms with van der Waals surface area (Å²) in [6.45, 7) is 0. The summed E-state index contributed by atoms with van der Waals surface area (Å²) < 4.78 is 299. The van der Waals surface area contributed by atoms with Crippen LogP contribution in [0.2, 0.25) is 0 Å². The molecule has 0 atom stereocenters. The molecule has 0 aliphatic carbocycles. The van der Waals surface area contributed by atoms with Gasteiger partial charge in [0, 0.05) is 5.56 Å². The monoisotopic (exact) mass is 1090 g/mol. The Kier molecular flexibility index (Phi) is 15.6. The summed E-state index contributed by atoms with van der Waals surface area (Å²) in [5.41, 5.74) is -13.6. The predicted molar refractivity (Wildman–Crippen MR) is 237 cm³/mol. The minimum atomic E-state index is -7.22. The lowest BCUT2D eigenvalue weighted by molar-refractivity contribution is 0.102. The van der Waals surface area contributed by atoms with Gasteiger partial charge in [0.15, 0.2) is 69.8 Å². The van der Waals surface area contributed by atoms with Gasteiger partial charge >= 0.3 is 0 Å². The van der Waals surface area contributed by atoms with Gasteiger partial charge in [-0.05, 0) is 48.5 Å². The third kappa shape index (κ3) is 8.93. The smallest absolute Gasteiger partial charge is 0.201 e. The zero-order chi connectivity index (χ0) is 55.2. The highest BCUT2D eigenvalue weighted by Gasteiger charge is 2.53. The number of methoxy groups -OCH3 is 1. The topological polar surface area (TPSA) is 26.3 Å². The average molecular weight is 1090 g/mol. The fraction of sp³-hybridized carbons (Fsp3) is 0.0392. The highest BCUT2D eigenvalue weighted by atomic mass is 31.2.